The Balaban J connectivity index is 1.83. The average Bonchev–Trinajstić information content (AvgIpc) is 2.96. The molecule has 0 aliphatic carbocycles. The van der Waals surface area contributed by atoms with Gasteiger partial charge in [0.25, 0.3) is 0 Å². The van der Waals surface area contributed by atoms with Gasteiger partial charge in [-0.05, 0) is 12.8 Å². The number of likely N-dealkylation sites (tertiary alicyclic amines) is 1. The van der Waals surface area contributed by atoms with E-state index in [-0.39, 0.29) is 18.6 Å². The van der Waals surface area contributed by atoms with Crippen molar-refractivity contribution in [1.82, 2.24) is 19.9 Å². The lowest BCUT2D eigenvalue weighted by atomic mass is 10.2. The summed E-state index contributed by atoms with van der Waals surface area (Å²) in [6.45, 7) is 1.38. The molecule has 0 saturated carbocycles. The summed E-state index contributed by atoms with van der Waals surface area (Å²) in [7, 11) is 0. The minimum absolute atomic E-state index is 0.0169. The third kappa shape index (κ3) is 2.38. The quantitative estimate of drug-likeness (QED) is 0.759. The zero-order valence-electron chi connectivity index (χ0n) is 9.12. The summed E-state index contributed by atoms with van der Waals surface area (Å²) in [5, 5.41) is 16.6. The number of nitrogens with zero attached hydrogens (tertiary/aromatic N) is 4. The SMILES string of the molecule is O=C(CCn1ccnn1)N1CCCC1CO. The van der Waals surface area contributed by atoms with Crippen LogP contribution >= 0.6 is 0 Å². The van der Waals surface area contributed by atoms with Gasteiger partial charge in [-0.3, -0.25) is 9.48 Å². The van der Waals surface area contributed by atoms with E-state index in [4.69, 9.17) is 5.11 Å². The molecule has 0 radical (unpaired) electrons. The van der Waals surface area contributed by atoms with Crippen molar-refractivity contribution >= 4 is 5.91 Å². The lowest BCUT2D eigenvalue weighted by Gasteiger charge is -2.22. The Morgan fingerprint density at radius 3 is 3.12 bits per heavy atom. The van der Waals surface area contributed by atoms with Crippen LogP contribution in [0.4, 0.5) is 0 Å². The molecule has 1 unspecified atom stereocenters. The van der Waals surface area contributed by atoms with Crippen LogP contribution < -0.4 is 0 Å². The van der Waals surface area contributed by atoms with E-state index in [2.05, 4.69) is 10.3 Å². The number of aryl methyl sites for hydroxylation is 1. The second-order valence-electron chi connectivity index (χ2n) is 3.98. The molecule has 1 aliphatic rings. The number of carbonyl (C=O) groups is 1. The van der Waals surface area contributed by atoms with Gasteiger partial charge < -0.3 is 10.0 Å². The first-order valence-electron chi connectivity index (χ1n) is 5.55. The Kier molecular flexibility index (Phi) is 3.51. The minimum atomic E-state index is 0.0169. The minimum Gasteiger partial charge on any atom is -0.394 e. The van der Waals surface area contributed by atoms with E-state index in [1.807, 2.05) is 0 Å². The predicted octanol–water partition coefficient (Wildman–Crippen LogP) is -0.349. The number of rotatable bonds is 4. The normalized spacial score (nSPS) is 20.3. The molecule has 16 heavy (non-hydrogen) atoms. The van der Waals surface area contributed by atoms with E-state index in [0.717, 1.165) is 19.4 Å². The molecular weight excluding hydrogens is 208 g/mol. The standard InChI is InChI=1S/C10H16N4O2/c15-8-9-2-1-5-14(9)10(16)3-6-13-7-4-11-12-13/h4,7,9,15H,1-3,5-6,8H2. The Bertz CT molecular complexity index is 339. The van der Waals surface area contributed by atoms with Gasteiger partial charge in [-0.25, -0.2) is 0 Å². The molecule has 1 atom stereocenters. The van der Waals surface area contributed by atoms with Crippen LogP contribution in [0.3, 0.4) is 0 Å². The molecule has 2 rings (SSSR count). The highest BCUT2D eigenvalue weighted by molar-refractivity contribution is 5.76. The number of amides is 1. The van der Waals surface area contributed by atoms with E-state index >= 15 is 0 Å². The fourth-order valence-electron chi connectivity index (χ4n) is 2.06. The van der Waals surface area contributed by atoms with Gasteiger partial charge >= 0.3 is 0 Å². The fourth-order valence-corrected chi connectivity index (χ4v) is 2.06. The maximum atomic E-state index is 11.9. The summed E-state index contributed by atoms with van der Waals surface area (Å²) in [5.41, 5.74) is 0. The molecular formula is C10H16N4O2. The van der Waals surface area contributed by atoms with Crippen molar-refractivity contribution in [3.8, 4) is 0 Å². The molecule has 1 fully saturated rings. The van der Waals surface area contributed by atoms with Crippen LogP contribution in [0.25, 0.3) is 0 Å². The highest BCUT2D eigenvalue weighted by atomic mass is 16.3. The van der Waals surface area contributed by atoms with Crippen molar-refractivity contribution in [3.63, 3.8) is 0 Å². The molecule has 88 valence electrons. The first-order chi connectivity index (χ1) is 7.81. The third-order valence-electron chi connectivity index (χ3n) is 2.93. The number of hydrogen-bond donors (Lipinski definition) is 1. The Morgan fingerprint density at radius 2 is 2.44 bits per heavy atom. The van der Waals surface area contributed by atoms with Crippen LogP contribution in [0.15, 0.2) is 12.4 Å². The molecule has 1 aromatic rings. The van der Waals surface area contributed by atoms with Crippen molar-refractivity contribution in [2.75, 3.05) is 13.2 Å². The Morgan fingerprint density at radius 1 is 1.56 bits per heavy atom. The topological polar surface area (TPSA) is 71.2 Å². The predicted molar refractivity (Wildman–Crippen MR) is 56.5 cm³/mol. The second-order valence-corrected chi connectivity index (χ2v) is 3.98. The van der Waals surface area contributed by atoms with Gasteiger partial charge in [-0.15, -0.1) is 5.10 Å². The van der Waals surface area contributed by atoms with Gasteiger partial charge in [0.1, 0.15) is 0 Å². The number of aromatic nitrogens is 3. The second kappa shape index (κ2) is 5.07. The largest absolute Gasteiger partial charge is 0.394 e. The molecule has 1 N–H and O–H groups in total. The molecule has 0 spiro atoms. The first kappa shape index (κ1) is 11.1. The summed E-state index contributed by atoms with van der Waals surface area (Å²) in [6.07, 6.45) is 5.64. The maximum Gasteiger partial charge on any atom is 0.224 e. The zero-order valence-corrected chi connectivity index (χ0v) is 9.12. The highest BCUT2D eigenvalue weighted by Crippen LogP contribution is 2.17. The Hall–Kier alpha value is -1.43. The van der Waals surface area contributed by atoms with Crippen LogP contribution in [0.1, 0.15) is 19.3 Å². The van der Waals surface area contributed by atoms with Crippen LogP contribution in [-0.4, -0.2) is 50.1 Å². The van der Waals surface area contributed by atoms with Gasteiger partial charge in [-0.1, -0.05) is 5.21 Å². The van der Waals surface area contributed by atoms with E-state index in [0.29, 0.717) is 13.0 Å². The van der Waals surface area contributed by atoms with Crippen molar-refractivity contribution < 1.29 is 9.90 Å². The molecule has 1 aliphatic heterocycles. The smallest absolute Gasteiger partial charge is 0.224 e. The zero-order chi connectivity index (χ0) is 11.4. The summed E-state index contributed by atoms with van der Waals surface area (Å²) >= 11 is 0. The van der Waals surface area contributed by atoms with E-state index < -0.39 is 0 Å². The molecule has 0 aromatic carbocycles. The number of carbonyl (C=O) groups excluding carboxylic acids is 1. The molecule has 2 heterocycles. The lowest BCUT2D eigenvalue weighted by Crippen LogP contribution is -2.38. The third-order valence-corrected chi connectivity index (χ3v) is 2.93. The average molecular weight is 224 g/mol. The van der Waals surface area contributed by atoms with Gasteiger partial charge in [0.05, 0.1) is 25.4 Å². The summed E-state index contributed by atoms with van der Waals surface area (Å²) < 4.78 is 1.64. The molecule has 1 saturated heterocycles. The van der Waals surface area contributed by atoms with Crippen LogP contribution in [0.2, 0.25) is 0 Å². The fraction of sp³-hybridized carbons (Fsp3) is 0.700. The summed E-state index contributed by atoms with van der Waals surface area (Å²) in [6, 6.07) is 0.0169. The number of aliphatic hydroxyl groups is 1. The highest BCUT2D eigenvalue weighted by Gasteiger charge is 2.27. The summed E-state index contributed by atoms with van der Waals surface area (Å²) in [5.74, 6) is 0.0899. The van der Waals surface area contributed by atoms with E-state index in [9.17, 15) is 4.79 Å². The monoisotopic (exact) mass is 224 g/mol. The van der Waals surface area contributed by atoms with Gasteiger partial charge in [0, 0.05) is 19.2 Å². The molecule has 0 bridgehead atoms. The van der Waals surface area contributed by atoms with Crippen molar-refractivity contribution in [1.29, 1.82) is 0 Å². The summed E-state index contributed by atoms with van der Waals surface area (Å²) in [4.78, 5) is 13.6. The van der Waals surface area contributed by atoms with Crippen molar-refractivity contribution in [3.05, 3.63) is 12.4 Å². The molecule has 6 nitrogen and oxygen atoms in total. The first-order valence-corrected chi connectivity index (χ1v) is 5.55. The number of hydrogen-bond acceptors (Lipinski definition) is 4. The Labute approximate surface area is 93.9 Å². The van der Waals surface area contributed by atoms with E-state index in [1.54, 1.807) is 22.0 Å². The van der Waals surface area contributed by atoms with Gasteiger partial charge in [0.2, 0.25) is 5.91 Å². The van der Waals surface area contributed by atoms with Crippen molar-refractivity contribution in [2.45, 2.75) is 31.8 Å². The van der Waals surface area contributed by atoms with E-state index in [1.165, 1.54) is 0 Å². The van der Waals surface area contributed by atoms with Crippen LogP contribution in [0.5, 0.6) is 0 Å². The number of aliphatic hydroxyl groups excluding tert-OH is 1. The molecule has 1 aromatic heterocycles. The maximum absolute atomic E-state index is 11.9. The molecule has 6 heteroatoms. The molecule has 1 amide bonds. The van der Waals surface area contributed by atoms with Gasteiger partial charge in [0.15, 0.2) is 0 Å². The lowest BCUT2D eigenvalue weighted by molar-refractivity contribution is -0.133. The van der Waals surface area contributed by atoms with Crippen LogP contribution in [-0.2, 0) is 11.3 Å². The van der Waals surface area contributed by atoms with Crippen molar-refractivity contribution in [2.24, 2.45) is 0 Å². The van der Waals surface area contributed by atoms with Crippen LogP contribution in [0, 0.1) is 0 Å². The van der Waals surface area contributed by atoms with Gasteiger partial charge in [-0.2, -0.15) is 0 Å².